The van der Waals surface area contributed by atoms with Crippen LogP contribution in [0.4, 0.5) is 0 Å². The molecule has 0 fully saturated rings. The van der Waals surface area contributed by atoms with E-state index in [1.165, 1.54) is 31.4 Å². The van der Waals surface area contributed by atoms with E-state index in [2.05, 4.69) is 6.92 Å². The minimum atomic E-state index is -0.525. The van der Waals surface area contributed by atoms with Gasteiger partial charge in [-0.1, -0.05) is 73.1 Å². The zero-order chi connectivity index (χ0) is 20.8. The number of carbonyl (C=O) groups is 1. The second-order valence-electron chi connectivity index (χ2n) is 6.72. The molecule has 3 rings (SSSR count). The van der Waals surface area contributed by atoms with Gasteiger partial charge >= 0.3 is 5.97 Å². The minimum Gasteiger partial charge on any atom is -0.494 e. The molecule has 3 aromatic rings. The van der Waals surface area contributed by atoms with E-state index in [1.54, 1.807) is 12.1 Å². The molecule has 0 aliphatic carbocycles. The van der Waals surface area contributed by atoms with Gasteiger partial charge in [0, 0.05) is 6.07 Å². The third-order valence-corrected chi connectivity index (χ3v) is 5.51. The lowest BCUT2D eigenvalue weighted by Crippen LogP contribution is -2.08. The van der Waals surface area contributed by atoms with Gasteiger partial charge in [0.2, 0.25) is 0 Å². The number of esters is 1. The molecule has 0 saturated carbocycles. The van der Waals surface area contributed by atoms with Gasteiger partial charge in [-0.2, -0.15) is 0 Å². The van der Waals surface area contributed by atoms with Crippen LogP contribution < -0.4 is 9.47 Å². The van der Waals surface area contributed by atoms with Crippen molar-refractivity contribution in [1.29, 1.82) is 0 Å². The van der Waals surface area contributed by atoms with Crippen LogP contribution in [0.15, 0.2) is 48.5 Å². The normalized spacial score (nSPS) is 10.9. The molecule has 0 unspecified atom stereocenters. The fourth-order valence-electron chi connectivity index (χ4n) is 2.90. The summed E-state index contributed by atoms with van der Waals surface area (Å²) < 4.78 is 11.2. The number of hydrogen-bond acceptors (Lipinski definition) is 3. The van der Waals surface area contributed by atoms with Crippen molar-refractivity contribution in [2.45, 2.75) is 32.6 Å². The summed E-state index contributed by atoms with van der Waals surface area (Å²) in [6, 6.07) is 14.0. The van der Waals surface area contributed by atoms with E-state index in [0.717, 1.165) is 22.9 Å². The molecular weight excluding hydrogens is 431 g/mol. The Kier molecular flexibility index (Phi) is 7.65. The molecular formula is C23H21Cl3O3. The van der Waals surface area contributed by atoms with E-state index in [9.17, 15) is 4.79 Å². The topological polar surface area (TPSA) is 35.5 Å². The van der Waals surface area contributed by atoms with E-state index in [0.29, 0.717) is 17.2 Å². The maximum absolute atomic E-state index is 12.5. The molecule has 0 heterocycles. The van der Waals surface area contributed by atoms with Gasteiger partial charge in [-0.15, -0.1) is 0 Å². The molecule has 0 amide bonds. The van der Waals surface area contributed by atoms with Crippen molar-refractivity contribution in [2.75, 3.05) is 6.61 Å². The highest BCUT2D eigenvalue weighted by Crippen LogP contribution is 2.34. The molecule has 0 N–H and O–H groups in total. The predicted molar refractivity (Wildman–Crippen MR) is 120 cm³/mol. The zero-order valence-electron chi connectivity index (χ0n) is 16.0. The number of hydrogen-bond donors (Lipinski definition) is 0. The predicted octanol–water partition coefficient (Wildman–Crippen LogP) is 7.98. The lowest BCUT2D eigenvalue weighted by molar-refractivity contribution is 0.0735. The van der Waals surface area contributed by atoms with E-state index in [4.69, 9.17) is 44.3 Å². The second-order valence-corrected chi connectivity index (χ2v) is 7.94. The van der Waals surface area contributed by atoms with Crippen molar-refractivity contribution in [3.8, 4) is 11.5 Å². The minimum absolute atomic E-state index is 0.165. The van der Waals surface area contributed by atoms with Gasteiger partial charge in [0.1, 0.15) is 5.75 Å². The number of unbranched alkanes of at least 4 members (excludes halogenated alkanes) is 3. The second kappa shape index (κ2) is 10.2. The van der Waals surface area contributed by atoms with Crippen molar-refractivity contribution < 1.29 is 14.3 Å². The highest BCUT2D eigenvalue weighted by molar-refractivity contribution is 6.43. The molecule has 6 heteroatoms. The first-order valence-electron chi connectivity index (χ1n) is 9.51. The van der Waals surface area contributed by atoms with Crippen molar-refractivity contribution in [3.05, 3.63) is 69.2 Å². The fraction of sp³-hybridized carbons (Fsp3) is 0.261. The smallest absolute Gasteiger partial charge is 0.343 e. The maximum Gasteiger partial charge on any atom is 0.343 e. The monoisotopic (exact) mass is 450 g/mol. The molecule has 0 spiro atoms. The SMILES string of the molecule is CCCCCCOc1ccc2cc(C(=O)Oc3cc(Cl)c(Cl)cc3Cl)ccc2c1. The van der Waals surface area contributed by atoms with Crippen molar-refractivity contribution in [3.63, 3.8) is 0 Å². The quantitative estimate of drug-likeness (QED) is 0.151. The Bertz CT molecular complexity index is 1020. The van der Waals surface area contributed by atoms with Crippen molar-refractivity contribution in [2.24, 2.45) is 0 Å². The Hall–Kier alpha value is -1.94. The third-order valence-electron chi connectivity index (χ3n) is 4.49. The van der Waals surface area contributed by atoms with Gasteiger partial charge in [0.05, 0.1) is 27.2 Å². The van der Waals surface area contributed by atoms with Crippen LogP contribution in [0.5, 0.6) is 11.5 Å². The number of ether oxygens (including phenoxy) is 2. The summed E-state index contributed by atoms with van der Waals surface area (Å²) >= 11 is 18.0. The summed E-state index contributed by atoms with van der Waals surface area (Å²) in [5, 5.41) is 2.68. The Morgan fingerprint density at radius 3 is 2.34 bits per heavy atom. The van der Waals surface area contributed by atoms with Crippen LogP contribution in [0, 0.1) is 0 Å². The number of rotatable bonds is 8. The molecule has 3 nitrogen and oxygen atoms in total. The van der Waals surface area contributed by atoms with Crippen molar-refractivity contribution in [1.82, 2.24) is 0 Å². The molecule has 0 aromatic heterocycles. The molecule has 29 heavy (non-hydrogen) atoms. The van der Waals surface area contributed by atoms with Gasteiger partial charge in [-0.25, -0.2) is 4.79 Å². The number of fused-ring (bicyclic) bond motifs is 1. The molecule has 0 bridgehead atoms. The number of benzene rings is 3. The van der Waals surface area contributed by atoms with Gasteiger partial charge in [0.25, 0.3) is 0 Å². The van der Waals surface area contributed by atoms with Gasteiger partial charge in [0.15, 0.2) is 5.75 Å². The largest absolute Gasteiger partial charge is 0.494 e. The summed E-state index contributed by atoms with van der Waals surface area (Å²) in [5.74, 6) is 0.466. The lowest BCUT2D eigenvalue weighted by atomic mass is 10.1. The summed E-state index contributed by atoms with van der Waals surface area (Å²) in [7, 11) is 0. The fourth-order valence-corrected chi connectivity index (χ4v) is 3.48. The number of halogens is 3. The Labute approximate surface area is 185 Å². The zero-order valence-corrected chi connectivity index (χ0v) is 18.3. The summed E-state index contributed by atoms with van der Waals surface area (Å²) in [5.41, 5.74) is 0.410. The van der Waals surface area contributed by atoms with E-state index in [1.807, 2.05) is 24.3 Å². The van der Waals surface area contributed by atoms with Gasteiger partial charge in [-0.05, 0) is 47.5 Å². The van der Waals surface area contributed by atoms with Gasteiger partial charge < -0.3 is 9.47 Å². The summed E-state index contributed by atoms with van der Waals surface area (Å²) in [4.78, 5) is 12.5. The van der Waals surface area contributed by atoms with E-state index < -0.39 is 5.97 Å². The van der Waals surface area contributed by atoms with Crippen LogP contribution in [0.3, 0.4) is 0 Å². The summed E-state index contributed by atoms with van der Waals surface area (Å²) in [6.07, 6.45) is 4.66. The average Bonchev–Trinajstić information content (AvgIpc) is 2.71. The molecule has 0 radical (unpaired) electrons. The first-order chi connectivity index (χ1) is 14.0. The molecule has 0 aliphatic heterocycles. The molecule has 3 aromatic carbocycles. The average molecular weight is 452 g/mol. The van der Waals surface area contributed by atoms with Crippen LogP contribution in [0.1, 0.15) is 43.0 Å². The van der Waals surface area contributed by atoms with Gasteiger partial charge in [-0.3, -0.25) is 0 Å². The first kappa shape index (κ1) is 21.8. The van der Waals surface area contributed by atoms with E-state index in [-0.39, 0.29) is 15.8 Å². The summed E-state index contributed by atoms with van der Waals surface area (Å²) in [6.45, 7) is 2.90. The van der Waals surface area contributed by atoms with Crippen LogP contribution in [0.25, 0.3) is 10.8 Å². The lowest BCUT2D eigenvalue weighted by Gasteiger charge is -2.10. The van der Waals surface area contributed by atoms with Crippen molar-refractivity contribution >= 4 is 51.5 Å². The molecule has 0 aliphatic rings. The van der Waals surface area contributed by atoms with Crippen LogP contribution in [-0.2, 0) is 0 Å². The third kappa shape index (κ3) is 5.79. The highest BCUT2D eigenvalue weighted by atomic mass is 35.5. The Morgan fingerprint density at radius 2 is 1.55 bits per heavy atom. The molecule has 152 valence electrons. The Morgan fingerprint density at radius 1 is 0.828 bits per heavy atom. The highest BCUT2D eigenvalue weighted by Gasteiger charge is 2.14. The number of carbonyl (C=O) groups excluding carboxylic acids is 1. The first-order valence-corrected chi connectivity index (χ1v) is 10.6. The standard InChI is InChI=1S/C23H21Cl3O3/c1-2-3-4-5-10-28-18-9-8-15-11-17(7-6-16(15)12-18)23(27)29-22-14-20(25)19(24)13-21(22)26/h6-9,11-14H,2-5,10H2,1H3. The molecule has 0 saturated heterocycles. The van der Waals surface area contributed by atoms with Crippen LogP contribution >= 0.6 is 34.8 Å². The van der Waals surface area contributed by atoms with Crippen LogP contribution in [0.2, 0.25) is 15.1 Å². The Balaban J connectivity index is 1.70. The van der Waals surface area contributed by atoms with Crippen LogP contribution in [-0.4, -0.2) is 12.6 Å². The molecule has 0 atom stereocenters. The van der Waals surface area contributed by atoms with E-state index >= 15 is 0 Å². The maximum atomic E-state index is 12.5.